The van der Waals surface area contributed by atoms with E-state index in [1.807, 2.05) is 35.0 Å². The van der Waals surface area contributed by atoms with Crippen molar-refractivity contribution in [3.05, 3.63) is 53.3 Å². The zero-order chi connectivity index (χ0) is 15.0. The average Bonchev–Trinajstić information content (AvgIpc) is 3.01. The highest BCUT2D eigenvalue weighted by Crippen LogP contribution is 2.20. The smallest absolute Gasteiger partial charge is 0.320 e. The van der Waals surface area contributed by atoms with Gasteiger partial charge in [-0.15, -0.1) is 0 Å². The zero-order valence-electron chi connectivity index (χ0n) is 11.9. The molecule has 5 heteroatoms. The maximum Gasteiger partial charge on any atom is 0.348 e. The van der Waals surface area contributed by atoms with Crippen LogP contribution >= 0.6 is 0 Å². The van der Waals surface area contributed by atoms with Gasteiger partial charge in [0.05, 0.1) is 0 Å². The summed E-state index contributed by atoms with van der Waals surface area (Å²) < 4.78 is 2.03. The van der Waals surface area contributed by atoms with Crippen molar-refractivity contribution >= 4 is 17.6 Å². The lowest BCUT2D eigenvalue weighted by Gasteiger charge is -2.13. The van der Waals surface area contributed by atoms with Crippen LogP contribution in [0.1, 0.15) is 16.8 Å². The first-order chi connectivity index (χ1) is 10.1. The number of carbonyl (C=O) groups excluding carboxylic acids is 2. The van der Waals surface area contributed by atoms with Gasteiger partial charge in [0.1, 0.15) is 5.71 Å². The van der Waals surface area contributed by atoms with Crippen molar-refractivity contribution in [3.63, 3.8) is 0 Å². The molecular weight excluding hydrogens is 266 g/mol. The SMILES string of the molecule is Cc1cccc(-n2cccc2CC2=NC(=O)NC2=O)c1C. The van der Waals surface area contributed by atoms with Crippen LogP contribution in [0.3, 0.4) is 0 Å². The molecule has 0 aliphatic carbocycles. The second-order valence-electron chi connectivity index (χ2n) is 5.08. The molecule has 2 aromatic rings. The first-order valence-corrected chi connectivity index (χ1v) is 6.72. The third-order valence-corrected chi connectivity index (χ3v) is 3.74. The van der Waals surface area contributed by atoms with E-state index in [2.05, 4.69) is 30.2 Å². The van der Waals surface area contributed by atoms with Crippen molar-refractivity contribution in [2.75, 3.05) is 0 Å². The molecule has 3 amide bonds. The molecule has 1 aromatic carbocycles. The number of aliphatic imine (C=N–C) groups is 1. The van der Waals surface area contributed by atoms with Gasteiger partial charge >= 0.3 is 6.03 Å². The predicted octanol–water partition coefficient (Wildman–Crippen LogP) is 2.33. The Labute approximate surface area is 122 Å². The molecule has 1 aromatic heterocycles. The number of carbonyl (C=O) groups is 2. The Balaban J connectivity index is 1.98. The standard InChI is InChI=1S/C16H15N3O2/c1-10-5-3-7-14(11(10)2)19-8-4-6-12(19)9-13-15(20)18-16(21)17-13/h3-8H,9H2,1-2H3,(H,18,20,21). The van der Waals surface area contributed by atoms with Crippen molar-refractivity contribution in [2.45, 2.75) is 20.3 Å². The lowest BCUT2D eigenvalue weighted by molar-refractivity contribution is -0.113. The summed E-state index contributed by atoms with van der Waals surface area (Å²) in [5.74, 6) is -0.409. The van der Waals surface area contributed by atoms with E-state index in [9.17, 15) is 9.59 Å². The average molecular weight is 281 g/mol. The highest BCUT2D eigenvalue weighted by Gasteiger charge is 2.24. The van der Waals surface area contributed by atoms with Crippen molar-refractivity contribution in [1.29, 1.82) is 0 Å². The minimum atomic E-state index is -0.583. The molecule has 0 spiro atoms. The number of nitrogens with one attached hydrogen (secondary N) is 1. The highest BCUT2D eigenvalue weighted by atomic mass is 16.2. The van der Waals surface area contributed by atoms with E-state index in [4.69, 9.17) is 0 Å². The van der Waals surface area contributed by atoms with Crippen molar-refractivity contribution < 1.29 is 9.59 Å². The summed E-state index contributed by atoms with van der Waals surface area (Å²) in [6, 6.07) is 9.38. The van der Waals surface area contributed by atoms with Crippen molar-refractivity contribution in [1.82, 2.24) is 9.88 Å². The summed E-state index contributed by atoms with van der Waals surface area (Å²) in [6.07, 6.45) is 2.28. The predicted molar refractivity (Wildman–Crippen MR) is 79.9 cm³/mol. The van der Waals surface area contributed by atoms with E-state index in [0.29, 0.717) is 6.42 Å². The lowest BCUT2D eigenvalue weighted by Crippen LogP contribution is -2.26. The van der Waals surface area contributed by atoms with Gasteiger partial charge in [-0.3, -0.25) is 10.1 Å². The number of nitrogens with zero attached hydrogens (tertiary/aromatic N) is 2. The molecule has 0 unspecified atom stereocenters. The molecule has 5 nitrogen and oxygen atoms in total. The molecule has 21 heavy (non-hydrogen) atoms. The Morgan fingerprint density at radius 1 is 1.14 bits per heavy atom. The first kappa shape index (κ1) is 13.3. The molecule has 3 rings (SSSR count). The summed E-state index contributed by atoms with van der Waals surface area (Å²) in [6.45, 7) is 4.13. The Bertz CT molecular complexity index is 772. The van der Waals surface area contributed by atoms with Crippen LogP contribution in [0.15, 0.2) is 41.5 Å². The Morgan fingerprint density at radius 2 is 1.95 bits per heavy atom. The number of hydrogen-bond donors (Lipinski definition) is 1. The molecule has 1 aliphatic rings. The van der Waals surface area contributed by atoms with Gasteiger partial charge in [0.25, 0.3) is 5.91 Å². The number of aryl methyl sites for hydroxylation is 1. The minimum Gasteiger partial charge on any atom is -0.320 e. The van der Waals surface area contributed by atoms with Gasteiger partial charge in [-0.25, -0.2) is 4.79 Å². The van der Waals surface area contributed by atoms with E-state index < -0.39 is 11.9 Å². The quantitative estimate of drug-likeness (QED) is 0.938. The fourth-order valence-corrected chi connectivity index (χ4v) is 2.45. The summed E-state index contributed by atoms with van der Waals surface area (Å²) in [5, 5.41) is 2.17. The largest absolute Gasteiger partial charge is 0.348 e. The molecular formula is C16H15N3O2. The van der Waals surface area contributed by atoms with Crippen LogP contribution in [-0.4, -0.2) is 22.2 Å². The van der Waals surface area contributed by atoms with E-state index in [1.54, 1.807) is 0 Å². The number of rotatable bonds is 3. The maximum absolute atomic E-state index is 11.6. The molecule has 0 fully saturated rings. The second kappa shape index (κ2) is 5.01. The number of urea groups is 1. The fraction of sp³-hybridized carbons (Fsp3) is 0.188. The Morgan fingerprint density at radius 3 is 2.67 bits per heavy atom. The number of benzene rings is 1. The Hall–Kier alpha value is -2.69. The minimum absolute atomic E-state index is 0.255. The number of hydrogen-bond acceptors (Lipinski definition) is 2. The normalized spacial score (nSPS) is 14.3. The molecule has 0 atom stereocenters. The zero-order valence-corrected chi connectivity index (χ0v) is 11.9. The lowest BCUT2D eigenvalue weighted by atomic mass is 10.1. The summed E-state index contributed by atoms with van der Waals surface area (Å²) in [7, 11) is 0. The molecule has 0 saturated carbocycles. The maximum atomic E-state index is 11.6. The summed E-state index contributed by atoms with van der Waals surface area (Å²) in [4.78, 5) is 26.5. The van der Waals surface area contributed by atoms with E-state index in [0.717, 1.165) is 11.4 Å². The van der Waals surface area contributed by atoms with Gasteiger partial charge in [-0.2, -0.15) is 4.99 Å². The molecule has 1 aliphatic heterocycles. The van der Waals surface area contributed by atoms with Gasteiger partial charge in [-0.05, 0) is 43.2 Å². The van der Waals surface area contributed by atoms with Gasteiger partial charge < -0.3 is 4.57 Å². The molecule has 0 radical (unpaired) electrons. The van der Waals surface area contributed by atoms with Crippen LogP contribution in [0.4, 0.5) is 4.79 Å². The summed E-state index contributed by atoms with van der Waals surface area (Å²) >= 11 is 0. The van der Waals surface area contributed by atoms with Crippen LogP contribution in [0.5, 0.6) is 0 Å². The molecule has 0 saturated heterocycles. The topological polar surface area (TPSA) is 63.5 Å². The number of amides is 3. The Kier molecular flexibility index (Phi) is 3.17. The second-order valence-corrected chi connectivity index (χ2v) is 5.08. The van der Waals surface area contributed by atoms with Gasteiger partial charge in [0, 0.05) is 24.0 Å². The van der Waals surface area contributed by atoms with E-state index in [-0.39, 0.29) is 5.71 Å². The van der Waals surface area contributed by atoms with Crippen LogP contribution < -0.4 is 5.32 Å². The summed E-state index contributed by atoms with van der Waals surface area (Å²) in [5.41, 5.74) is 4.64. The molecule has 2 heterocycles. The molecule has 1 N–H and O–H groups in total. The monoisotopic (exact) mass is 281 g/mol. The van der Waals surface area contributed by atoms with E-state index >= 15 is 0 Å². The molecule has 0 bridgehead atoms. The number of imide groups is 1. The van der Waals surface area contributed by atoms with Crippen LogP contribution in [0.2, 0.25) is 0 Å². The highest BCUT2D eigenvalue weighted by molar-refractivity contribution is 6.46. The third kappa shape index (κ3) is 2.38. The van der Waals surface area contributed by atoms with Crippen LogP contribution in [0, 0.1) is 13.8 Å². The van der Waals surface area contributed by atoms with Gasteiger partial charge in [0.2, 0.25) is 0 Å². The van der Waals surface area contributed by atoms with Crippen molar-refractivity contribution in [2.24, 2.45) is 4.99 Å². The number of aromatic nitrogens is 1. The third-order valence-electron chi connectivity index (χ3n) is 3.74. The van der Waals surface area contributed by atoms with E-state index in [1.165, 1.54) is 11.1 Å². The van der Waals surface area contributed by atoms with Crippen LogP contribution in [-0.2, 0) is 11.2 Å². The fourth-order valence-electron chi connectivity index (χ4n) is 2.45. The van der Waals surface area contributed by atoms with Gasteiger partial charge in [0.15, 0.2) is 0 Å². The van der Waals surface area contributed by atoms with Crippen LogP contribution in [0.25, 0.3) is 5.69 Å². The van der Waals surface area contributed by atoms with Crippen molar-refractivity contribution in [3.8, 4) is 5.69 Å². The molecule has 106 valence electrons. The first-order valence-electron chi connectivity index (χ1n) is 6.72. The van der Waals surface area contributed by atoms with Gasteiger partial charge in [-0.1, -0.05) is 12.1 Å².